The van der Waals surface area contributed by atoms with Crippen LogP contribution < -0.4 is 10.1 Å². The summed E-state index contributed by atoms with van der Waals surface area (Å²) in [6.45, 7) is 2.66. The van der Waals surface area contributed by atoms with Gasteiger partial charge in [0.2, 0.25) is 0 Å². The van der Waals surface area contributed by atoms with Crippen molar-refractivity contribution in [1.29, 1.82) is 0 Å². The summed E-state index contributed by atoms with van der Waals surface area (Å²) in [5, 5.41) is 10.6. The van der Waals surface area contributed by atoms with Gasteiger partial charge >= 0.3 is 0 Å². The van der Waals surface area contributed by atoms with Crippen molar-refractivity contribution in [2.75, 3.05) is 7.11 Å². The van der Waals surface area contributed by atoms with Crippen molar-refractivity contribution in [3.05, 3.63) is 57.5 Å². The van der Waals surface area contributed by atoms with E-state index >= 15 is 0 Å². The molecular weight excluding hydrogens is 331 g/mol. The molecule has 120 valence electrons. The van der Waals surface area contributed by atoms with Crippen molar-refractivity contribution < 1.29 is 9.13 Å². The van der Waals surface area contributed by atoms with E-state index in [1.807, 2.05) is 13.0 Å². The molecule has 6 heteroatoms. The molecule has 3 aromatic rings. The minimum atomic E-state index is -0.341. The average Bonchev–Trinajstić information content (AvgIpc) is 3.23. The molecule has 23 heavy (non-hydrogen) atoms. The van der Waals surface area contributed by atoms with Crippen LogP contribution in [0.1, 0.15) is 24.2 Å². The number of methoxy groups -OCH3 is 1. The first-order valence-corrected chi connectivity index (χ1v) is 9.03. The maximum Gasteiger partial charge on any atom is 0.165 e. The molecule has 0 aliphatic rings. The lowest BCUT2D eigenvalue weighted by Gasteiger charge is -2.14. The van der Waals surface area contributed by atoms with Crippen molar-refractivity contribution in [1.82, 2.24) is 10.3 Å². The third-order valence-corrected chi connectivity index (χ3v) is 5.21. The predicted octanol–water partition coefficient (Wildman–Crippen LogP) is 4.87. The van der Waals surface area contributed by atoms with Crippen molar-refractivity contribution in [2.45, 2.75) is 19.5 Å². The summed E-state index contributed by atoms with van der Waals surface area (Å²) >= 11 is 3.31. The smallest absolute Gasteiger partial charge is 0.165 e. The summed E-state index contributed by atoms with van der Waals surface area (Å²) in [4.78, 5) is 4.63. The van der Waals surface area contributed by atoms with Crippen molar-refractivity contribution in [2.24, 2.45) is 0 Å². The predicted molar refractivity (Wildman–Crippen MR) is 93.6 cm³/mol. The van der Waals surface area contributed by atoms with Crippen molar-refractivity contribution >= 4 is 22.7 Å². The zero-order valence-electron chi connectivity index (χ0n) is 12.9. The van der Waals surface area contributed by atoms with E-state index in [1.54, 1.807) is 28.7 Å². The number of hydrogen-bond donors (Lipinski definition) is 1. The van der Waals surface area contributed by atoms with Crippen molar-refractivity contribution in [3.63, 3.8) is 0 Å². The molecule has 0 unspecified atom stereocenters. The van der Waals surface area contributed by atoms with E-state index in [9.17, 15) is 4.39 Å². The second-order valence-electron chi connectivity index (χ2n) is 5.15. The van der Waals surface area contributed by atoms with E-state index in [-0.39, 0.29) is 17.6 Å². The molecule has 0 bridgehead atoms. The topological polar surface area (TPSA) is 34.1 Å². The zero-order valence-corrected chi connectivity index (χ0v) is 14.5. The molecule has 3 nitrogen and oxygen atoms in total. The Morgan fingerprint density at radius 3 is 2.87 bits per heavy atom. The van der Waals surface area contributed by atoms with Gasteiger partial charge < -0.3 is 10.1 Å². The fourth-order valence-electron chi connectivity index (χ4n) is 2.23. The van der Waals surface area contributed by atoms with Crippen LogP contribution in [0.4, 0.5) is 4.39 Å². The second-order valence-corrected chi connectivity index (χ2v) is 6.79. The summed E-state index contributed by atoms with van der Waals surface area (Å²) in [6.07, 6.45) is 0. The van der Waals surface area contributed by atoms with Crippen LogP contribution in [0.3, 0.4) is 0 Å². The Bertz CT molecular complexity index is 771. The highest BCUT2D eigenvalue weighted by Gasteiger charge is 2.11. The molecule has 0 aliphatic carbocycles. The Hall–Kier alpha value is -1.76. The third kappa shape index (κ3) is 3.77. The maximum absolute atomic E-state index is 13.8. The molecule has 2 aromatic heterocycles. The molecule has 3 rings (SSSR count). The van der Waals surface area contributed by atoms with E-state index in [0.717, 1.165) is 21.8 Å². The average molecular weight is 348 g/mol. The number of halogens is 1. The molecule has 1 atom stereocenters. The van der Waals surface area contributed by atoms with Gasteiger partial charge in [-0.15, -0.1) is 11.3 Å². The lowest BCUT2D eigenvalue weighted by molar-refractivity contribution is 0.385. The van der Waals surface area contributed by atoms with Gasteiger partial charge in [0.25, 0.3) is 0 Å². The number of ether oxygens (including phenoxy) is 1. The minimum absolute atomic E-state index is 0.0294. The number of nitrogens with zero attached hydrogens (tertiary/aromatic N) is 1. The summed E-state index contributed by atoms with van der Waals surface area (Å²) in [6, 6.07) is 7.14. The van der Waals surface area contributed by atoms with E-state index < -0.39 is 0 Å². The fourth-order valence-corrected chi connectivity index (χ4v) is 3.77. The Balaban J connectivity index is 1.63. The van der Waals surface area contributed by atoms with Crippen LogP contribution >= 0.6 is 22.7 Å². The summed E-state index contributed by atoms with van der Waals surface area (Å²) in [5.41, 5.74) is 3.05. The number of thiophene rings is 1. The summed E-state index contributed by atoms with van der Waals surface area (Å²) in [7, 11) is 1.47. The number of benzene rings is 1. The van der Waals surface area contributed by atoms with Gasteiger partial charge in [0, 0.05) is 28.9 Å². The Morgan fingerprint density at radius 2 is 2.17 bits per heavy atom. The van der Waals surface area contributed by atoms with Crippen LogP contribution in [0.15, 0.2) is 40.4 Å². The van der Waals surface area contributed by atoms with Gasteiger partial charge in [-0.2, -0.15) is 11.3 Å². The molecule has 0 radical (unpaired) electrons. The number of hydrogen-bond acceptors (Lipinski definition) is 5. The summed E-state index contributed by atoms with van der Waals surface area (Å²) < 4.78 is 18.7. The molecule has 1 aromatic carbocycles. The van der Waals surface area contributed by atoms with Gasteiger partial charge in [-0.3, -0.25) is 0 Å². The molecule has 0 fully saturated rings. The van der Waals surface area contributed by atoms with Crippen LogP contribution in [-0.4, -0.2) is 12.1 Å². The highest BCUT2D eigenvalue weighted by atomic mass is 32.1. The Morgan fingerprint density at radius 1 is 1.30 bits per heavy atom. The number of thiazole rings is 1. The SMILES string of the molecule is COc1ccc([C@H](C)NCc2csc(-c3ccsc3)n2)cc1F. The monoisotopic (exact) mass is 348 g/mol. The van der Waals surface area contributed by atoms with Crippen LogP contribution in [0.25, 0.3) is 10.6 Å². The van der Waals surface area contributed by atoms with Crippen molar-refractivity contribution in [3.8, 4) is 16.3 Å². The number of aromatic nitrogens is 1. The highest BCUT2D eigenvalue weighted by Crippen LogP contribution is 2.26. The number of rotatable bonds is 6. The van der Waals surface area contributed by atoms with Crippen LogP contribution in [-0.2, 0) is 6.54 Å². The van der Waals surface area contributed by atoms with Gasteiger partial charge in [0.1, 0.15) is 5.01 Å². The first-order chi connectivity index (χ1) is 11.2. The fraction of sp³-hybridized carbons (Fsp3) is 0.235. The Kier molecular flexibility index (Phi) is 5.05. The van der Waals surface area contributed by atoms with Gasteiger partial charge in [0.15, 0.2) is 11.6 Å². The van der Waals surface area contributed by atoms with Gasteiger partial charge in [0.05, 0.1) is 12.8 Å². The maximum atomic E-state index is 13.8. The van der Waals surface area contributed by atoms with Crippen LogP contribution in [0.5, 0.6) is 5.75 Å². The number of nitrogens with one attached hydrogen (secondary N) is 1. The molecule has 1 N–H and O–H groups in total. The molecular formula is C17H17FN2OS2. The minimum Gasteiger partial charge on any atom is -0.494 e. The van der Waals surface area contributed by atoms with Gasteiger partial charge in [-0.1, -0.05) is 6.07 Å². The van der Waals surface area contributed by atoms with E-state index in [1.165, 1.54) is 13.2 Å². The highest BCUT2D eigenvalue weighted by molar-refractivity contribution is 7.14. The largest absolute Gasteiger partial charge is 0.494 e. The standard InChI is InChI=1S/C17H17FN2OS2/c1-11(12-3-4-16(21-2)15(18)7-12)19-8-14-10-23-17(20-14)13-5-6-22-9-13/h3-7,9-11,19H,8H2,1-2H3/t11-/m0/s1. The van der Waals surface area contributed by atoms with Gasteiger partial charge in [-0.25, -0.2) is 9.37 Å². The van der Waals surface area contributed by atoms with Crippen LogP contribution in [0, 0.1) is 5.82 Å². The lowest BCUT2D eigenvalue weighted by atomic mass is 10.1. The second kappa shape index (κ2) is 7.21. The summed E-state index contributed by atoms with van der Waals surface area (Å²) in [5.74, 6) is -0.0760. The van der Waals surface area contributed by atoms with Crippen LogP contribution in [0.2, 0.25) is 0 Å². The van der Waals surface area contributed by atoms with E-state index in [2.05, 4.69) is 32.5 Å². The zero-order chi connectivity index (χ0) is 16.2. The first-order valence-electron chi connectivity index (χ1n) is 7.21. The quantitative estimate of drug-likeness (QED) is 0.690. The van der Waals surface area contributed by atoms with Gasteiger partial charge in [-0.05, 0) is 36.1 Å². The molecule has 0 amide bonds. The van der Waals surface area contributed by atoms with E-state index in [4.69, 9.17) is 4.74 Å². The molecule has 2 heterocycles. The molecule has 0 saturated carbocycles. The molecule has 0 aliphatic heterocycles. The Labute approximate surface area is 142 Å². The molecule has 0 saturated heterocycles. The molecule has 0 spiro atoms. The van der Waals surface area contributed by atoms with E-state index in [0.29, 0.717) is 6.54 Å². The third-order valence-electron chi connectivity index (χ3n) is 3.59. The normalized spacial score (nSPS) is 12.3. The lowest BCUT2D eigenvalue weighted by Crippen LogP contribution is -2.18. The first kappa shape index (κ1) is 16.1.